The molecule has 94 valence electrons. The zero-order chi connectivity index (χ0) is 13.4. The van der Waals surface area contributed by atoms with Crippen molar-refractivity contribution in [3.05, 3.63) is 12.2 Å². The predicted molar refractivity (Wildman–Crippen MR) is 57.0 cm³/mol. The van der Waals surface area contributed by atoms with E-state index in [-0.39, 0.29) is 0 Å². The van der Waals surface area contributed by atoms with Gasteiger partial charge in [0.05, 0.1) is 0 Å². The minimum absolute atomic E-state index is 0.423. The summed E-state index contributed by atoms with van der Waals surface area (Å²) in [7, 11) is 1.40. The first kappa shape index (κ1) is 14.6. The molecule has 0 rings (SSSR count). The second-order valence-electron chi connectivity index (χ2n) is 2.97. The number of carbonyl (C=O) groups is 4. The van der Waals surface area contributed by atoms with Gasteiger partial charge < -0.3 is 15.7 Å². The Kier molecular flexibility index (Phi) is 6.01. The maximum atomic E-state index is 11.1. The van der Waals surface area contributed by atoms with E-state index in [0.29, 0.717) is 12.2 Å². The first-order valence-electron chi connectivity index (χ1n) is 4.61. The number of aliphatic carboxylic acids is 1. The van der Waals surface area contributed by atoms with Crippen molar-refractivity contribution in [1.29, 1.82) is 0 Å². The van der Waals surface area contributed by atoms with Crippen LogP contribution in [0.15, 0.2) is 12.2 Å². The fourth-order valence-electron chi connectivity index (χ4n) is 0.815. The zero-order valence-corrected chi connectivity index (χ0v) is 9.31. The molecule has 0 heterocycles. The molecule has 4 N–H and O–H groups in total. The summed E-state index contributed by atoms with van der Waals surface area (Å²) in [5, 5.41) is 14.5. The van der Waals surface area contributed by atoms with Crippen LogP contribution in [0.25, 0.3) is 0 Å². The van der Waals surface area contributed by atoms with Gasteiger partial charge in [0.1, 0.15) is 6.04 Å². The number of hydrogen-bond donors (Lipinski definition) is 4. The standard InChI is InChI=1S/C9H13N3O5/c1-5(8(16)10-2)11-9(17)12-6(13)3-4-7(14)15/h3-5H,1-2H3,(H,10,16)(H,14,15)(H2,11,12,13,17)/b4-3+. The number of amides is 4. The minimum atomic E-state index is -1.31. The molecule has 0 aromatic carbocycles. The van der Waals surface area contributed by atoms with Crippen molar-refractivity contribution >= 4 is 23.8 Å². The zero-order valence-electron chi connectivity index (χ0n) is 9.31. The topological polar surface area (TPSA) is 125 Å². The molecule has 0 saturated heterocycles. The van der Waals surface area contributed by atoms with E-state index in [1.807, 2.05) is 5.32 Å². The Hall–Kier alpha value is -2.38. The van der Waals surface area contributed by atoms with Gasteiger partial charge in [0.2, 0.25) is 5.91 Å². The maximum absolute atomic E-state index is 11.1. The molecule has 0 aliphatic heterocycles. The summed E-state index contributed by atoms with van der Waals surface area (Å²) in [4.78, 5) is 43.2. The highest BCUT2D eigenvalue weighted by Gasteiger charge is 2.14. The van der Waals surface area contributed by atoms with E-state index in [1.54, 1.807) is 0 Å². The molecule has 0 aliphatic rings. The summed E-state index contributed by atoms with van der Waals surface area (Å²) in [6.07, 6.45) is 1.28. The van der Waals surface area contributed by atoms with Crippen molar-refractivity contribution in [1.82, 2.24) is 16.0 Å². The van der Waals surface area contributed by atoms with Crippen LogP contribution in [0.4, 0.5) is 4.79 Å². The van der Waals surface area contributed by atoms with Gasteiger partial charge in [-0.3, -0.25) is 14.9 Å². The van der Waals surface area contributed by atoms with Crippen molar-refractivity contribution in [2.75, 3.05) is 7.05 Å². The number of imide groups is 1. The van der Waals surface area contributed by atoms with E-state index in [1.165, 1.54) is 14.0 Å². The molecule has 1 unspecified atom stereocenters. The van der Waals surface area contributed by atoms with E-state index >= 15 is 0 Å². The van der Waals surface area contributed by atoms with Crippen molar-refractivity contribution in [3.63, 3.8) is 0 Å². The molecule has 17 heavy (non-hydrogen) atoms. The number of likely N-dealkylation sites (N-methyl/N-ethyl adjacent to an activating group) is 1. The molecule has 0 aromatic rings. The van der Waals surface area contributed by atoms with Crippen LogP contribution in [0.3, 0.4) is 0 Å². The molecule has 8 nitrogen and oxygen atoms in total. The number of carboxylic acid groups (broad SMARTS) is 1. The third-order valence-corrected chi connectivity index (χ3v) is 1.60. The lowest BCUT2D eigenvalue weighted by Crippen LogP contribution is -2.48. The second kappa shape index (κ2) is 6.99. The summed E-state index contributed by atoms with van der Waals surface area (Å²) in [5.74, 6) is -2.62. The van der Waals surface area contributed by atoms with Crippen molar-refractivity contribution < 1.29 is 24.3 Å². The van der Waals surface area contributed by atoms with Gasteiger partial charge in [-0.05, 0) is 6.92 Å². The number of nitrogens with one attached hydrogen (secondary N) is 3. The molecule has 8 heteroatoms. The molecule has 0 radical (unpaired) electrons. The average molecular weight is 243 g/mol. The summed E-state index contributed by atoms with van der Waals surface area (Å²) in [6, 6.07) is -1.70. The van der Waals surface area contributed by atoms with E-state index in [0.717, 1.165) is 0 Å². The van der Waals surface area contributed by atoms with Crippen LogP contribution in [0.2, 0.25) is 0 Å². The maximum Gasteiger partial charge on any atom is 0.328 e. The number of carbonyl (C=O) groups excluding carboxylic acids is 3. The van der Waals surface area contributed by atoms with Crippen LogP contribution in [0.1, 0.15) is 6.92 Å². The molecule has 4 amide bonds. The molecule has 0 bridgehead atoms. The molecular weight excluding hydrogens is 230 g/mol. The monoisotopic (exact) mass is 243 g/mol. The molecule has 0 spiro atoms. The second-order valence-corrected chi connectivity index (χ2v) is 2.97. The highest BCUT2D eigenvalue weighted by atomic mass is 16.4. The fourth-order valence-corrected chi connectivity index (χ4v) is 0.815. The van der Waals surface area contributed by atoms with Gasteiger partial charge in [-0.1, -0.05) is 0 Å². The number of urea groups is 1. The lowest BCUT2D eigenvalue weighted by molar-refractivity contribution is -0.131. The van der Waals surface area contributed by atoms with Gasteiger partial charge in [-0.2, -0.15) is 0 Å². The van der Waals surface area contributed by atoms with E-state index < -0.39 is 29.9 Å². The lowest BCUT2D eigenvalue weighted by atomic mass is 10.3. The van der Waals surface area contributed by atoms with Crippen LogP contribution < -0.4 is 16.0 Å². The summed E-state index contributed by atoms with van der Waals surface area (Å²) in [6.45, 7) is 1.43. The van der Waals surface area contributed by atoms with Gasteiger partial charge in [0.25, 0.3) is 5.91 Å². The molecule has 0 aromatic heterocycles. The highest BCUT2D eigenvalue weighted by molar-refractivity contribution is 6.03. The predicted octanol–water partition coefficient (Wildman–Crippen LogP) is -1.41. The first-order chi connectivity index (χ1) is 7.86. The van der Waals surface area contributed by atoms with E-state index in [2.05, 4.69) is 10.6 Å². The van der Waals surface area contributed by atoms with Crippen LogP contribution >= 0.6 is 0 Å². The van der Waals surface area contributed by atoms with Crippen LogP contribution in [0.5, 0.6) is 0 Å². The molecule has 1 atom stereocenters. The number of carboxylic acids is 1. The Morgan fingerprint density at radius 3 is 2.24 bits per heavy atom. The molecule has 0 saturated carbocycles. The van der Waals surface area contributed by atoms with Crippen LogP contribution in [-0.2, 0) is 14.4 Å². The van der Waals surface area contributed by atoms with Gasteiger partial charge in [-0.15, -0.1) is 0 Å². The Morgan fingerprint density at radius 1 is 1.18 bits per heavy atom. The van der Waals surface area contributed by atoms with Crippen molar-refractivity contribution in [3.8, 4) is 0 Å². The molecule has 0 fully saturated rings. The normalized spacial score (nSPS) is 11.6. The third kappa shape index (κ3) is 6.66. The van der Waals surface area contributed by atoms with Crippen LogP contribution in [0, 0.1) is 0 Å². The SMILES string of the molecule is CNC(=O)C(C)NC(=O)NC(=O)/C=C/C(=O)O. The van der Waals surface area contributed by atoms with E-state index in [4.69, 9.17) is 5.11 Å². The highest BCUT2D eigenvalue weighted by Crippen LogP contribution is 1.82. The Balaban J connectivity index is 4.15. The Morgan fingerprint density at radius 2 is 1.76 bits per heavy atom. The molecular formula is C9H13N3O5. The van der Waals surface area contributed by atoms with Gasteiger partial charge in [-0.25, -0.2) is 9.59 Å². The fraction of sp³-hybridized carbons (Fsp3) is 0.333. The van der Waals surface area contributed by atoms with Crippen molar-refractivity contribution in [2.45, 2.75) is 13.0 Å². The summed E-state index contributed by atoms with van der Waals surface area (Å²) >= 11 is 0. The van der Waals surface area contributed by atoms with Gasteiger partial charge >= 0.3 is 12.0 Å². The van der Waals surface area contributed by atoms with Crippen LogP contribution in [-0.4, -0.2) is 42.0 Å². The number of rotatable bonds is 4. The van der Waals surface area contributed by atoms with E-state index in [9.17, 15) is 19.2 Å². The third-order valence-electron chi connectivity index (χ3n) is 1.60. The minimum Gasteiger partial charge on any atom is -0.478 e. The molecule has 0 aliphatic carbocycles. The quantitative estimate of drug-likeness (QED) is 0.451. The van der Waals surface area contributed by atoms with Gasteiger partial charge in [0, 0.05) is 19.2 Å². The smallest absolute Gasteiger partial charge is 0.328 e. The summed E-state index contributed by atoms with van der Waals surface area (Å²) in [5.41, 5.74) is 0. The summed E-state index contributed by atoms with van der Waals surface area (Å²) < 4.78 is 0. The Bertz CT molecular complexity index is 364. The average Bonchev–Trinajstić information content (AvgIpc) is 2.24. The Labute approximate surface area is 97.1 Å². The van der Waals surface area contributed by atoms with Crippen molar-refractivity contribution in [2.24, 2.45) is 0 Å². The lowest BCUT2D eigenvalue weighted by Gasteiger charge is -2.11. The number of hydrogen-bond acceptors (Lipinski definition) is 4. The largest absolute Gasteiger partial charge is 0.478 e. The van der Waals surface area contributed by atoms with Gasteiger partial charge in [0.15, 0.2) is 0 Å². The first-order valence-corrected chi connectivity index (χ1v) is 4.61.